The van der Waals surface area contributed by atoms with Gasteiger partial charge in [0.1, 0.15) is 5.69 Å². The molecule has 0 saturated carbocycles. The Balaban J connectivity index is 1.82. The minimum absolute atomic E-state index is 0.0442. The largest absolute Gasteiger partial charge is 0.349 e. The van der Waals surface area contributed by atoms with Crippen LogP contribution >= 0.6 is 0 Å². The lowest BCUT2D eigenvalue weighted by Crippen LogP contribution is -2.29. The number of carbonyl (C=O) groups excluding carboxylic acids is 1. The molecule has 106 valence electrons. The number of nitrogens with two attached hydrogens (primary N) is 1. The molecule has 0 atom stereocenters. The third kappa shape index (κ3) is 2.84. The van der Waals surface area contributed by atoms with E-state index in [4.69, 9.17) is 5.73 Å². The van der Waals surface area contributed by atoms with Crippen LogP contribution in [0.4, 0.5) is 0 Å². The van der Waals surface area contributed by atoms with Gasteiger partial charge in [-0.3, -0.25) is 14.8 Å². The van der Waals surface area contributed by atoms with Crippen molar-refractivity contribution in [3.8, 4) is 5.69 Å². The second-order valence-electron chi connectivity index (χ2n) is 4.36. The number of rotatable bonds is 4. The fourth-order valence-electron chi connectivity index (χ4n) is 1.86. The van der Waals surface area contributed by atoms with E-state index >= 15 is 0 Å². The molecule has 8 heteroatoms. The highest BCUT2D eigenvalue weighted by molar-refractivity contribution is 5.77. The maximum Gasteiger partial charge on any atom is 0.234 e. The summed E-state index contributed by atoms with van der Waals surface area (Å²) in [6.45, 7) is 0.251. The number of nitrogens with zero attached hydrogens (tertiary/aromatic N) is 5. The van der Waals surface area contributed by atoms with Crippen LogP contribution in [-0.2, 0) is 11.3 Å². The Morgan fingerprint density at radius 2 is 2.05 bits per heavy atom. The van der Waals surface area contributed by atoms with Gasteiger partial charge in [-0.05, 0) is 18.2 Å². The van der Waals surface area contributed by atoms with E-state index in [0.29, 0.717) is 12.2 Å². The number of benzene rings is 1. The van der Waals surface area contributed by atoms with Crippen LogP contribution in [0.5, 0.6) is 0 Å². The number of nitrogens with one attached hydrogen (secondary N) is 1. The molecule has 3 rings (SSSR count). The van der Waals surface area contributed by atoms with E-state index in [0.717, 1.165) is 16.7 Å². The molecule has 3 aromatic rings. The van der Waals surface area contributed by atoms with Gasteiger partial charge in [0.15, 0.2) is 0 Å². The molecule has 2 heterocycles. The summed E-state index contributed by atoms with van der Waals surface area (Å²) in [7, 11) is 0. The lowest BCUT2D eigenvalue weighted by atomic mass is 10.2. The van der Waals surface area contributed by atoms with Crippen molar-refractivity contribution < 1.29 is 4.79 Å². The Morgan fingerprint density at radius 1 is 1.24 bits per heavy atom. The molecule has 0 aliphatic rings. The summed E-state index contributed by atoms with van der Waals surface area (Å²) in [5.41, 5.74) is 8.29. The maximum absolute atomic E-state index is 11.1. The van der Waals surface area contributed by atoms with E-state index in [9.17, 15) is 4.79 Å². The SMILES string of the molecule is NCC(=O)NCc1cn(-c2ccc3nccnc3c2)nn1. The van der Waals surface area contributed by atoms with Gasteiger partial charge in [0, 0.05) is 12.4 Å². The van der Waals surface area contributed by atoms with Crippen molar-refractivity contribution in [2.75, 3.05) is 6.54 Å². The van der Waals surface area contributed by atoms with Gasteiger partial charge in [-0.1, -0.05) is 5.21 Å². The highest BCUT2D eigenvalue weighted by atomic mass is 16.1. The Kier molecular flexibility index (Phi) is 3.52. The summed E-state index contributed by atoms with van der Waals surface area (Å²) in [6.07, 6.45) is 5.03. The second kappa shape index (κ2) is 5.63. The Hall–Kier alpha value is -2.87. The van der Waals surface area contributed by atoms with Crippen molar-refractivity contribution in [2.45, 2.75) is 6.54 Å². The maximum atomic E-state index is 11.1. The van der Waals surface area contributed by atoms with Crippen LogP contribution in [0.2, 0.25) is 0 Å². The van der Waals surface area contributed by atoms with Gasteiger partial charge in [0.2, 0.25) is 5.91 Å². The molecule has 3 N–H and O–H groups in total. The molecule has 0 saturated heterocycles. The predicted octanol–water partition coefficient (Wildman–Crippen LogP) is -0.215. The summed E-state index contributed by atoms with van der Waals surface area (Å²) < 4.78 is 1.62. The minimum atomic E-state index is -0.231. The van der Waals surface area contributed by atoms with E-state index in [-0.39, 0.29) is 12.5 Å². The number of aromatic nitrogens is 5. The van der Waals surface area contributed by atoms with Crippen molar-refractivity contribution in [1.82, 2.24) is 30.3 Å². The van der Waals surface area contributed by atoms with Gasteiger partial charge in [-0.2, -0.15) is 0 Å². The van der Waals surface area contributed by atoms with E-state index in [1.165, 1.54) is 0 Å². The fraction of sp³-hybridized carbons (Fsp3) is 0.154. The van der Waals surface area contributed by atoms with Crippen molar-refractivity contribution in [3.63, 3.8) is 0 Å². The molecule has 8 nitrogen and oxygen atoms in total. The van der Waals surface area contributed by atoms with E-state index in [2.05, 4.69) is 25.6 Å². The lowest BCUT2D eigenvalue weighted by molar-refractivity contribution is -0.119. The summed E-state index contributed by atoms with van der Waals surface area (Å²) >= 11 is 0. The first-order valence-electron chi connectivity index (χ1n) is 6.35. The van der Waals surface area contributed by atoms with Crippen molar-refractivity contribution >= 4 is 16.9 Å². The zero-order valence-corrected chi connectivity index (χ0v) is 11.1. The number of carbonyl (C=O) groups is 1. The lowest BCUT2D eigenvalue weighted by Gasteiger charge is -2.01. The average Bonchev–Trinajstić information content (AvgIpc) is 3.01. The number of hydrogen-bond acceptors (Lipinski definition) is 6. The normalized spacial score (nSPS) is 10.7. The molecule has 0 fully saturated rings. The van der Waals surface area contributed by atoms with Gasteiger partial charge in [0.25, 0.3) is 0 Å². The zero-order chi connectivity index (χ0) is 14.7. The molecule has 0 radical (unpaired) electrons. The topological polar surface area (TPSA) is 112 Å². The Labute approximate surface area is 120 Å². The third-order valence-electron chi connectivity index (χ3n) is 2.91. The van der Waals surface area contributed by atoms with Crippen molar-refractivity contribution in [1.29, 1.82) is 0 Å². The molecular formula is C13H13N7O. The van der Waals surface area contributed by atoms with Crippen LogP contribution in [0, 0.1) is 0 Å². The van der Waals surface area contributed by atoms with Gasteiger partial charge in [0.05, 0.1) is 36.0 Å². The van der Waals surface area contributed by atoms with Crippen LogP contribution in [0.1, 0.15) is 5.69 Å². The molecule has 21 heavy (non-hydrogen) atoms. The summed E-state index contributed by atoms with van der Waals surface area (Å²) in [5.74, 6) is -0.231. The minimum Gasteiger partial charge on any atom is -0.349 e. The smallest absolute Gasteiger partial charge is 0.234 e. The zero-order valence-electron chi connectivity index (χ0n) is 11.1. The molecule has 0 aliphatic carbocycles. The number of fused-ring (bicyclic) bond motifs is 1. The van der Waals surface area contributed by atoms with Crippen LogP contribution in [0.3, 0.4) is 0 Å². The summed E-state index contributed by atoms with van der Waals surface area (Å²) in [4.78, 5) is 19.6. The molecule has 0 aliphatic heterocycles. The Bertz CT molecular complexity index is 783. The first-order valence-corrected chi connectivity index (χ1v) is 6.35. The third-order valence-corrected chi connectivity index (χ3v) is 2.91. The Morgan fingerprint density at radius 3 is 2.86 bits per heavy atom. The molecule has 0 bridgehead atoms. The molecule has 0 unspecified atom stereocenters. The van der Waals surface area contributed by atoms with Gasteiger partial charge in [-0.25, -0.2) is 4.68 Å². The second-order valence-corrected chi connectivity index (χ2v) is 4.36. The van der Waals surface area contributed by atoms with Crippen LogP contribution < -0.4 is 11.1 Å². The van der Waals surface area contributed by atoms with Gasteiger partial charge < -0.3 is 11.1 Å². The predicted molar refractivity (Wildman–Crippen MR) is 75.4 cm³/mol. The highest BCUT2D eigenvalue weighted by Gasteiger charge is 2.05. The average molecular weight is 283 g/mol. The van der Waals surface area contributed by atoms with Crippen LogP contribution in [0.15, 0.2) is 36.8 Å². The summed E-state index contributed by atoms with van der Waals surface area (Å²) in [5, 5.41) is 10.7. The quantitative estimate of drug-likeness (QED) is 0.685. The number of hydrogen-bond donors (Lipinski definition) is 2. The molecular weight excluding hydrogens is 270 g/mol. The standard InChI is InChI=1S/C13H13N7O/c14-6-13(21)17-7-9-8-20(19-18-9)10-1-2-11-12(5-10)16-4-3-15-11/h1-5,8H,6-7,14H2,(H,17,21). The summed E-state index contributed by atoms with van der Waals surface area (Å²) in [6, 6.07) is 5.63. The van der Waals surface area contributed by atoms with Crippen LogP contribution in [0.25, 0.3) is 16.7 Å². The molecule has 1 amide bonds. The first kappa shape index (κ1) is 13.1. The number of amides is 1. The van der Waals surface area contributed by atoms with Crippen molar-refractivity contribution in [2.24, 2.45) is 5.73 Å². The monoisotopic (exact) mass is 283 g/mol. The van der Waals surface area contributed by atoms with E-state index in [1.54, 1.807) is 23.3 Å². The van der Waals surface area contributed by atoms with E-state index < -0.39 is 0 Å². The van der Waals surface area contributed by atoms with E-state index in [1.807, 2.05) is 18.2 Å². The fourth-order valence-corrected chi connectivity index (χ4v) is 1.86. The highest BCUT2D eigenvalue weighted by Crippen LogP contribution is 2.14. The first-order chi connectivity index (χ1) is 10.3. The van der Waals surface area contributed by atoms with Crippen molar-refractivity contribution in [3.05, 3.63) is 42.5 Å². The van der Waals surface area contributed by atoms with Crippen LogP contribution in [-0.4, -0.2) is 37.4 Å². The van der Waals surface area contributed by atoms with Gasteiger partial charge in [-0.15, -0.1) is 5.10 Å². The molecule has 0 spiro atoms. The molecule has 2 aromatic heterocycles. The van der Waals surface area contributed by atoms with Gasteiger partial charge >= 0.3 is 0 Å². The molecule has 1 aromatic carbocycles.